The fraction of sp³-hybridized carbons (Fsp3) is 0.250. The van der Waals surface area contributed by atoms with E-state index in [1.54, 1.807) is 25.4 Å². The molecule has 3 heterocycles. The molecule has 216 valence electrons. The summed E-state index contributed by atoms with van der Waals surface area (Å²) in [4.78, 5) is 31.7. The predicted octanol–water partition coefficient (Wildman–Crippen LogP) is 5.83. The Morgan fingerprint density at radius 2 is 1.79 bits per heavy atom. The summed E-state index contributed by atoms with van der Waals surface area (Å²) in [6.07, 6.45) is 3.71. The van der Waals surface area contributed by atoms with Crippen molar-refractivity contribution in [1.29, 1.82) is 0 Å². The molecule has 4 aromatic rings. The minimum Gasteiger partial charge on any atom is -0.494 e. The number of esters is 1. The quantitative estimate of drug-likeness (QED) is 0.207. The Labute approximate surface area is 250 Å². The van der Waals surface area contributed by atoms with E-state index in [-0.39, 0.29) is 18.0 Å². The number of aromatic nitrogens is 2. The summed E-state index contributed by atoms with van der Waals surface area (Å²) < 4.78 is 12.7. The second-order valence-corrected chi connectivity index (χ2v) is 11.3. The van der Waals surface area contributed by atoms with Gasteiger partial charge in [0.15, 0.2) is 5.11 Å². The molecule has 0 unspecified atom stereocenters. The van der Waals surface area contributed by atoms with E-state index in [0.29, 0.717) is 22.1 Å². The molecule has 0 spiro atoms. The van der Waals surface area contributed by atoms with Crippen molar-refractivity contribution in [3.63, 3.8) is 0 Å². The Bertz CT molecular complexity index is 1630. The number of benzene rings is 2. The van der Waals surface area contributed by atoms with E-state index in [0.717, 1.165) is 22.8 Å². The van der Waals surface area contributed by atoms with Crippen LogP contribution in [0.5, 0.6) is 5.75 Å². The third kappa shape index (κ3) is 5.58. The normalized spacial score (nSPS) is 16.6. The highest BCUT2D eigenvalue weighted by atomic mass is 32.1. The molecule has 1 saturated heterocycles. The number of methoxy groups -OCH3 is 2. The van der Waals surface area contributed by atoms with E-state index in [2.05, 4.69) is 15.6 Å². The zero-order valence-electron chi connectivity index (χ0n) is 24.1. The van der Waals surface area contributed by atoms with Crippen molar-refractivity contribution in [2.24, 2.45) is 5.41 Å². The van der Waals surface area contributed by atoms with Gasteiger partial charge in [0.25, 0.3) is 0 Å². The van der Waals surface area contributed by atoms with Gasteiger partial charge in [-0.05, 0) is 66.8 Å². The van der Waals surface area contributed by atoms with Crippen molar-refractivity contribution in [3.8, 4) is 11.4 Å². The molecule has 2 aromatic carbocycles. The standard InChI is InChI=1S/C32H33N5O4S/c1-32(2,3)30(39)34-23-15-14-22(19-26(23)40-4)37-28(27(35-31(37)42)24-12-6-7-16-33-24)25-13-9-17-36(25)21-11-8-10-20(18-21)29(38)41-5/h6-19,27-28H,1-5H3,(H,34,39)(H,35,42)/t27-,28-/m1/s1. The first-order valence-electron chi connectivity index (χ1n) is 13.5. The van der Waals surface area contributed by atoms with Gasteiger partial charge in [0.2, 0.25) is 5.91 Å². The molecule has 2 N–H and O–H groups in total. The van der Waals surface area contributed by atoms with Crippen molar-refractivity contribution < 1.29 is 19.1 Å². The number of nitrogens with zero attached hydrogens (tertiary/aromatic N) is 3. The van der Waals surface area contributed by atoms with Crippen LogP contribution in [0.2, 0.25) is 0 Å². The van der Waals surface area contributed by atoms with E-state index in [1.807, 2.05) is 97.1 Å². The number of rotatable bonds is 7. The van der Waals surface area contributed by atoms with Crippen LogP contribution in [0.4, 0.5) is 11.4 Å². The lowest BCUT2D eigenvalue weighted by molar-refractivity contribution is -0.123. The van der Waals surface area contributed by atoms with Crippen LogP contribution in [0.25, 0.3) is 5.69 Å². The monoisotopic (exact) mass is 583 g/mol. The summed E-state index contributed by atoms with van der Waals surface area (Å²) in [6.45, 7) is 5.57. The summed E-state index contributed by atoms with van der Waals surface area (Å²) in [5.74, 6) is -0.0193. The number of thiocarbonyl (C=S) groups is 1. The van der Waals surface area contributed by atoms with Gasteiger partial charge >= 0.3 is 5.97 Å². The SMILES string of the molecule is COC(=O)c1cccc(-n2cccc2[C@@H]2[C@@H](c3ccccn3)NC(=S)N2c2ccc(NC(=O)C(C)(C)C)c(OC)c2)c1. The third-order valence-electron chi connectivity index (χ3n) is 7.12. The van der Waals surface area contributed by atoms with Gasteiger partial charge in [0.1, 0.15) is 11.8 Å². The number of carbonyl (C=O) groups is 2. The van der Waals surface area contributed by atoms with Crippen LogP contribution in [-0.2, 0) is 9.53 Å². The Morgan fingerprint density at radius 1 is 0.976 bits per heavy atom. The van der Waals surface area contributed by atoms with Gasteiger partial charge in [-0.15, -0.1) is 0 Å². The Hall–Kier alpha value is -4.70. The maximum Gasteiger partial charge on any atom is 0.337 e. The molecule has 1 aliphatic heterocycles. The van der Waals surface area contributed by atoms with Gasteiger partial charge in [-0.25, -0.2) is 4.79 Å². The number of hydrogen-bond donors (Lipinski definition) is 2. The maximum absolute atomic E-state index is 12.7. The number of amides is 1. The molecule has 1 amide bonds. The van der Waals surface area contributed by atoms with Gasteiger partial charge in [-0.1, -0.05) is 32.9 Å². The second-order valence-electron chi connectivity index (χ2n) is 10.9. The number of ether oxygens (including phenoxy) is 2. The van der Waals surface area contributed by atoms with Crippen molar-refractivity contribution in [2.45, 2.75) is 32.9 Å². The molecule has 5 rings (SSSR count). The Morgan fingerprint density at radius 3 is 2.48 bits per heavy atom. The van der Waals surface area contributed by atoms with E-state index in [4.69, 9.17) is 21.7 Å². The van der Waals surface area contributed by atoms with Gasteiger partial charge in [-0.3, -0.25) is 9.78 Å². The average molecular weight is 584 g/mol. The van der Waals surface area contributed by atoms with Crippen LogP contribution < -0.4 is 20.3 Å². The fourth-order valence-corrected chi connectivity index (χ4v) is 5.29. The van der Waals surface area contributed by atoms with E-state index >= 15 is 0 Å². The highest BCUT2D eigenvalue weighted by Gasteiger charge is 2.42. The first kappa shape index (κ1) is 28.8. The molecule has 2 aromatic heterocycles. The van der Waals surface area contributed by atoms with E-state index in [9.17, 15) is 9.59 Å². The fourth-order valence-electron chi connectivity index (χ4n) is 4.95. The Balaban J connectivity index is 1.61. The molecular formula is C32H33N5O4S. The molecule has 9 nitrogen and oxygen atoms in total. The molecule has 10 heteroatoms. The lowest BCUT2D eigenvalue weighted by Crippen LogP contribution is -2.30. The predicted molar refractivity (Wildman–Crippen MR) is 166 cm³/mol. The summed E-state index contributed by atoms with van der Waals surface area (Å²) >= 11 is 5.92. The highest BCUT2D eigenvalue weighted by molar-refractivity contribution is 7.80. The molecule has 2 atom stereocenters. The van der Waals surface area contributed by atoms with Gasteiger partial charge in [0.05, 0.1) is 37.2 Å². The van der Waals surface area contributed by atoms with Crippen molar-refractivity contribution in [3.05, 3.63) is 102 Å². The van der Waals surface area contributed by atoms with Crippen LogP contribution in [0.1, 0.15) is 54.6 Å². The summed E-state index contributed by atoms with van der Waals surface area (Å²) in [7, 11) is 2.94. The molecule has 42 heavy (non-hydrogen) atoms. The van der Waals surface area contributed by atoms with Gasteiger partial charge in [-0.2, -0.15) is 0 Å². The van der Waals surface area contributed by atoms with Crippen LogP contribution in [-0.4, -0.2) is 40.8 Å². The van der Waals surface area contributed by atoms with Crippen LogP contribution in [0.15, 0.2) is 85.2 Å². The van der Waals surface area contributed by atoms with E-state index in [1.165, 1.54) is 7.11 Å². The van der Waals surface area contributed by atoms with Crippen LogP contribution >= 0.6 is 12.2 Å². The molecule has 0 bridgehead atoms. The number of pyridine rings is 1. The molecule has 0 aliphatic carbocycles. The van der Waals surface area contributed by atoms with Crippen LogP contribution in [0.3, 0.4) is 0 Å². The minimum absolute atomic E-state index is 0.119. The number of anilines is 2. The topological polar surface area (TPSA) is 97.7 Å². The number of carbonyl (C=O) groups excluding carboxylic acids is 2. The average Bonchev–Trinajstić information content (AvgIpc) is 3.61. The summed E-state index contributed by atoms with van der Waals surface area (Å²) in [5, 5.41) is 6.96. The molecular weight excluding hydrogens is 550 g/mol. The van der Waals surface area contributed by atoms with Gasteiger partial charge < -0.3 is 29.6 Å². The lowest BCUT2D eigenvalue weighted by atomic mass is 9.95. The maximum atomic E-state index is 12.7. The lowest BCUT2D eigenvalue weighted by Gasteiger charge is -2.29. The van der Waals surface area contributed by atoms with Crippen molar-refractivity contribution in [2.75, 3.05) is 24.4 Å². The second kappa shape index (κ2) is 11.7. The molecule has 0 radical (unpaired) electrons. The molecule has 1 fully saturated rings. The number of nitrogens with one attached hydrogen (secondary N) is 2. The smallest absolute Gasteiger partial charge is 0.337 e. The van der Waals surface area contributed by atoms with Gasteiger partial charge in [0, 0.05) is 40.9 Å². The minimum atomic E-state index is -0.568. The molecule has 1 aliphatic rings. The first-order chi connectivity index (χ1) is 20.1. The highest BCUT2D eigenvalue weighted by Crippen LogP contribution is 2.44. The summed E-state index contributed by atoms with van der Waals surface area (Å²) in [5.41, 5.74) is 3.77. The zero-order valence-corrected chi connectivity index (χ0v) is 24.9. The zero-order chi connectivity index (χ0) is 30.0. The first-order valence-corrected chi connectivity index (χ1v) is 13.9. The largest absolute Gasteiger partial charge is 0.494 e. The Kier molecular flexibility index (Phi) is 8.00. The molecule has 0 saturated carbocycles. The third-order valence-corrected chi connectivity index (χ3v) is 7.43. The van der Waals surface area contributed by atoms with Crippen LogP contribution in [0, 0.1) is 5.41 Å². The van der Waals surface area contributed by atoms with E-state index < -0.39 is 11.4 Å². The number of hydrogen-bond acceptors (Lipinski definition) is 6. The van der Waals surface area contributed by atoms with Crippen molar-refractivity contribution in [1.82, 2.24) is 14.9 Å². The summed E-state index contributed by atoms with van der Waals surface area (Å²) in [6, 6.07) is 22.0. The van der Waals surface area contributed by atoms with Crippen molar-refractivity contribution >= 4 is 40.6 Å².